The molecule has 0 unspecified atom stereocenters. The van der Waals surface area contributed by atoms with Gasteiger partial charge in [-0.1, -0.05) is 39.2 Å². The zero-order valence-electron chi connectivity index (χ0n) is 8.36. The molecule has 0 aliphatic rings. The predicted octanol–water partition coefficient (Wildman–Crippen LogP) is 3.49. The van der Waals surface area contributed by atoms with E-state index in [-0.39, 0.29) is 5.78 Å². The van der Waals surface area contributed by atoms with Gasteiger partial charge in [-0.25, -0.2) is 0 Å². The van der Waals surface area contributed by atoms with Gasteiger partial charge < -0.3 is 0 Å². The van der Waals surface area contributed by atoms with Crippen molar-refractivity contribution in [2.24, 2.45) is 0 Å². The third-order valence-corrected chi connectivity index (χ3v) is 2.08. The Labute approximate surface area is 75.9 Å². The molecule has 1 nitrogen and oxygen atoms in total. The van der Waals surface area contributed by atoms with Gasteiger partial charge in [0.1, 0.15) is 0 Å². The first kappa shape index (κ1) is 11.4. The van der Waals surface area contributed by atoms with Crippen molar-refractivity contribution in [3.63, 3.8) is 0 Å². The highest BCUT2D eigenvalue weighted by Gasteiger charge is 1.98. The third kappa shape index (κ3) is 6.14. The quantitative estimate of drug-likeness (QED) is 0.420. The van der Waals surface area contributed by atoms with Crippen molar-refractivity contribution >= 4 is 5.78 Å². The van der Waals surface area contributed by atoms with Crippen LogP contribution in [0.1, 0.15) is 52.4 Å². The van der Waals surface area contributed by atoms with Gasteiger partial charge in [-0.15, -0.1) is 0 Å². The van der Waals surface area contributed by atoms with Crippen molar-refractivity contribution in [2.45, 2.75) is 52.4 Å². The van der Waals surface area contributed by atoms with E-state index in [4.69, 9.17) is 0 Å². The van der Waals surface area contributed by atoms with Crippen molar-refractivity contribution in [3.05, 3.63) is 12.2 Å². The Morgan fingerprint density at radius 3 is 2.25 bits per heavy atom. The van der Waals surface area contributed by atoms with Gasteiger partial charge >= 0.3 is 0 Å². The van der Waals surface area contributed by atoms with Crippen LogP contribution >= 0.6 is 0 Å². The Kier molecular flexibility index (Phi) is 6.73. The third-order valence-electron chi connectivity index (χ3n) is 2.08. The number of hydrogen-bond donors (Lipinski definition) is 0. The fraction of sp³-hybridized carbons (Fsp3) is 0.727. The number of ketones is 1. The van der Waals surface area contributed by atoms with E-state index in [0.717, 1.165) is 18.4 Å². The lowest BCUT2D eigenvalue weighted by Gasteiger charge is -2.00. The van der Waals surface area contributed by atoms with Crippen LogP contribution in [0.5, 0.6) is 0 Å². The van der Waals surface area contributed by atoms with E-state index >= 15 is 0 Å². The first-order valence-electron chi connectivity index (χ1n) is 4.87. The van der Waals surface area contributed by atoms with Crippen molar-refractivity contribution in [2.75, 3.05) is 0 Å². The summed E-state index contributed by atoms with van der Waals surface area (Å²) >= 11 is 0. The highest BCUT2D eigenvalue weighted by molar-refractivity contribution is 5.92. The first-order chi connectivity index (χ1) is 5.68. The number of hydrogen-bond acceptors (Lipinski definition) is 1. The molecule has 12 heavy (non-hydrogen) atoms. The molecule has 0 aromatic heterocycles. The number of Topliss-reactive ketones (excluding diaryl/α,β-unsaturated/α-hetero) is 1. The van der Waals surface area contributed by atoms with E-state index in [1.54, 1.807) is 6.92 Å². The number of unbranched alkanes of at least 4 members (excludes halogenated alkanes) is 4. The Bertz CT molecular complexity index is 147. The summed E-state index contributed by atoms with van der Waals surface area (Å²) in [6.45, 7) is 7.52. The minimum atomic E-state index is 0.144. The van der Waals surface area contributed by atoms with E-state index < -0.39 is 0 Å². The summed E-state index contributed by atoms with van der Waals surface area (Å²) in [7, 11) is 0. The molecular formula is C11H20O. The van der Waals surface area contributed by atoms with E-state index in [9.17, 15) is 4.79 Å². The number of carbonyl (C=O) groups is 1. The molecule has 0 bridgehead atoms. The second-order valence-corrected chi connectivity index (χ2v) is 3.32. The number of carbonyl (C=O) groups excluding carboxylic acids is 1. The van der Waals surface area contributed by atoms with Gasteiger partial charge in [0.15, 0.2) is 5.78 Å². The van der Waals surface area contributed by atoms with Gasteiger partial charge in [0.2, 0.25) is 0 Å². The van der Waals surface area contributed by atoms with Crippen molar-refractivity contribution in [1.29, 1.82) is 0 Å². The molecule has 0 saturated heterocycles. The molecule has 0 spiro atoms. The van der Waals surface area contributed by atoms with E-state index in [2.05, 4.69) is 13.5 Å². The molecule has 0 aliphatic heterocycles. The average Bonchev–Trinajstić information content (AvgIpc) is 2.03. The lowest BCUT2D eigenvalue weighted by molar-refractivity contribution is -0.113. The van der Waals surface area contributed by atoms with Crippen molar-refractivity contribution in [1.82, 2.24) is 0 Å². The van der Waals surface area contributed by atoms with E-state index in [1.807, 2.05) is 0 Å². The Morgan fingerprint density at radius 2 is 1.75 bits per heavy atom. The normalized spacial score (nSPS) is 9.83. The second kappa shape index (κ2) is 7.08. The summed E-state index contributed by atoms with van der Waals surface area (Å²) in [6.07, 6.45) is 7.12. The molecule has 0 saturated carbocycles. The minimum Gasteiger partial charge on any atom is -0.295 e. The van der Waals surface area contributed by atoms with Crippen LogP contribution in [-0.4, -0.2) is 5.78 Å². The maximum absolute atomic E-state index is 10.8. The van der Waals surface area contributed by atoms with Crippen LogP contribution in [0.4, 0.5) is 0 Å². The van der Waals surface area contributed by atoms with Crippen LogP contribution in [0.15, 0.2) is 12.2 Å². The van der Waals surface area contributed by atoms with Gasteiger partial charge in [0, 0.05) is 0 Å². The van der Waals surface area contributed by atoms with Crippen molar-refractivity contribution in [3.8, 4) is 0 Å². The van der Waals surface area contributed by atoms with Crippen LogP contribution in [-0.2, 0) is 4.79 Å². The topological polar surface area (TPSA) is 17.1 Å². The maximum Gasteiger partial charge on any atom is 0.155 e. The monoisotopic (exact) mass is 168 g/mol. The summed E-state index contributed by atoms with van der Waals surface area (Å²) in [4.78, 5) is 10.8. The summed E-state index contributed by atoms with van der Waals surface area (Å²) in [5.74, 6) is 0.144. The molecule has 0 amide bonds. The minimum absolute atomic E-state index is 0.144. The maximum atomic E-state index is 10.8. The fourth-order valence-electron chi connectivity index (χ4n) is 1.12. The smallest absolute Gasteiger partial charge is 0.155 e. The molecule has 0 aliphatic carbocycles. The highest BCUT2D eigenvalue weighted by atomic mass is 16.1. The molecule has 0 heterocycles. The van der Waals surface area contributed by atoms with Crippen LogP contribution in [0, 0.1) is 0 Å². The van der Waals surface area contributed by atoms with Gasteiger partial charge in [-0.3, -0.25) is 4.79 Å². The molecular weight excluding hydrogens is 148 g/mol. The summed E-state index contributed by atoms with van der Waals surface area (Å²) in [5.41, 5.74) is 0.784. The van der Waals surface area contributed by atoms with Crippen LogP contribution in [0.3, 0.4) is 0 Å². The van der Waals surface area contributed by atoms with Gasteiger partial charge in [-0.2, -0.15) is 0 Å². The Morgan fingerprint density at radius 1 is 1.17 bits per heavy atom. The largest absolute Gasteiger partial charge is 0.295 e. The zero-order chi connectivity index (χ0) is 9.40. The Balaban J connectivity index is 3.20. The lowest BCUT2D eigenvalue weighted by atomic mass is 10.0. The SMILES string of the molecule is C=C(CCCCCCC)C(C)=O. The highest BCUT2D eigenvalue weighted by Crippen LogP contribution is 2.09. The van der Waals surface area contributed by atoms with Gasteiger partial charge in [-0.05, 0) is 25.3 Å². The van der Waals surface area contributed by atoms with E-state index in [0.29, 0.717) is 0 Å². The molecule has 0 radical (unpaired) electrons. The average molecular weight is 168 g/mol. The molecule has 0 atom stereocenters. The van der Waals surface area contributed by atoms with Crippen LogP contribution < -0.4 is 0 Å². The summed E-state index contributed by atoms with van der Waals surface area (Å²) < 4.78 is 0. The Hall–Kier alpha value is -0.590. The molecule has 0 aromatic rings. The fourth-order valence-corrected chi connectivity index (χ4v) is 1.12. The molecule has 0 N–H and O–H groups in total. The molecule has 0 fully saturated rings. The summed E-state index contributed by atoms with van der Waals surface area (Å²) in [6, 6.07) is 0. The molecule has 70 valence electrons. The van der Waals surface area contributed by atoms with Gasteiger partial charge in [0.25, 0.3) is 0 Å². The second-order valence-electron chi connectivity index (χ2n) is 3.32. The van der Waals surface area contributed by atoms with Gasteiger partial charge in [0.05, 0.1) is 0 Å². The molecule has 1 heteroatoms. The standard InChI is InChI=1S/C11H20O/c1-4-5-6-7-8-9-10(2)11(3)12/h2,4-9H2,1,3H3. The van der Waals surface area contributed by atoms with E-state index in [1.165, 1.54) is 25.7 Å². The number of rotatable bonds is 7. The number of allylic oxidation sites excluding steroid dienone is 1. The molecule has 0 rings (SSSR count). The molecule has 0 aromatic carbocycles. The van der Waals surface area contributed by atoms with Crippen LogP contribution in [0.2, 0.25) is 0 Å². The summed E-state index contributed by atoms with van der Waals surface area (Å²) in [5, 5.41) is 0. The predicted molar refractivity (Wildman–Crippen MR) is 53.2 cm³/mol. The zero-order valence-corrected chi connectivity index (χ0v) is 8.36. The van der Waals surface area contributed by atoms with Crippen LogP contribution in [0.25, 0.3) is 0 Å². The van der Waals surface area contributed by atoms with Crippen molar-refractivity contribution < 1.29 is 4.79 Å². The lowest BCUT2D eigenvalue weighted by Crippen LogP contribution is -1.94. The first-order valence-corrected chi connectivity index (χ1v) is 4.87.